The number of nitrogens with zero attached hydrogens (tertiary/aromatic N) is 1. The van der Waals surface area contributed by atoms with Crippen molar-refractivity contribution in [3.63, 3.8) is 0 Å². The average molecular weight is 373 g/mol. The fraction of sp³-hybridized carbons (Fsp3) is 0.545. The summed E-state index contributed by atoms with van der Waals surface area (Å²) in [6, 6.07) is 6.11. The number of hydrogen-bond acceptors (Lipinski definition) is 3. The normalized spacial score (nSPS) is 28.6. The third-order valence-electron chi connectivity index (χ3n) is 5.92. The van der Waals surface area contributed by atoms with E-state index >= 15 is 0 Å². The van der Waals surface area contributed by atoms with Gasteiger partial charge in [-0.05, 0) is 80.9 Å². The summed E-state index contributed by atoms with van der Waals surface area (Å²) in [6.45, 7) is 0. The van der Waals surface area contributed by atoms with Gasteiger partial charge in [-0.2, -0.15) is 5.26 Å². The third-order valence-corrected chi connectivity index (χ3v) is 5.92. The molecule has 0 atom stereocenters. The Morgan fingerprint density at radius 3 is 2.37 bits per heavy atom. The van der Waals surface area contributed by atoms with Crippen molar-refractivity contribution < 1.29 is 18.3 Å². The molecule has 5 heteroatoms. The number of ether oxygens (including phenoxy) is 1. The molecule has 144 valence electrons. The van der Waals surface area contributed by atoms with Crippen LogP contribution in [0.15, 0.2) is 30.4 Å². The number of benzene rings is 1. The molecule has 1 aromatic rings. The van der Waals surface area contributed by atoms with Gasteiger partial charge in [0.2, 0.25) is 0 Å². The van der Waals surface area contributed by atoms with E-state index in [1.165, 1.54) is 18.2 Å². The van der Waals surface area contributed by atoms with Crippen molar-refractivity contribution in [3.05, 3.63) is 47.5 Å². The lowest BCUT2D eigenvalue weighted by molar-refractivity contribution is -0.157. The van der Waals surface area contributed by atoms with Gasteiger partial charge >= 0.3 is 5.97 Å². The van der Waals surface area contributed by atoms with Crippen LogP contribution in [-0.4, -0.2) is 12.1 Å². The smallest absolute Gasteiger partial charge is 0.309 e. The second-order valence-corrected chi connectivity index (χ2v) is 7.68. The molecule has 0 spiro atoms. The van der Waals surface area contributed by atoms with Gasteiger partial charge in [-0.3, -0.25) is 4.79 Å². The van der Waals surface area contributed by atoms with Crippen LogP contribution in [0.3, 0.4) is 0 Å². The highest BCUT2D eigenvalue weighted by Gasteiger charge is 2.31. The molecule has 27 heavy (non-hydrogen) atoms. The van der Waals surface area contributed by atoms with Crippen LogP contribution in [0.1, 0.15) is 62.8 Å². The molecule has 0 unspecified atom stereocenters. The van der Waals surface area contributed by atoms with Crippen LogP contribution in [0.25, 0.3) is 0 Å². The Kier molecular flexibility index (Phi) is 6.60. The van der Waals surface area contributed by atoms with Gasteiger partial charge in [0.25, 0.3) is 0 Å². The lowest BCUT2D eigenvalue weighted by Gasteiger charge is -2.31. The van der Waals surface area contributed by atoms with E-state index in [0.717, 1.165) is 56.9 Å². The van der Waals surface area contributed by atoms with E-state index in [1.807, 2.05) is 12.1 Å². The second-order valence-electron chi connectivity index (χ2n) is 7.68. The highest BCUT2D eigenvalue weighted by molar-refractivity contribution is 5.72. The highest BCUT2D eigenvalue weighted by atomic mass is 19.2. The van der Waals surface area contributed by atoms with E-state index in [4.69, 9.17) is 10.00 Å². The number of carbonyl (C=O) groups is 1. The van der Waals surface area contributed by atoms with Gasteiger partial charge in [-0.25, -0.2) is 8.78 Å². The van der Waals surface area contributed by atoms with Crippen LogP contribution in [0.4, 0.5) is 8.78 Å². The van der Waals surface area contributed by atoms with E-state index in [2.05, 4.69) is 0 Å². The molecule has 0 saturated heterocycles. The molecule has 0 aromatic heterocycles. The molecule has 3 nitrogen and oxygen atoms in total. The van der Waals surface area contributed by atoms with E-state index in [-0.39, 0.29) is 23.9 Å². The summed E-state index contributed by atoms with van der Waals surface area (Å²) in [4.78, 5) is 12.5. The lowest BCUT2D eigenvalue weighted by Crippen LogP contribution is -2.29. The molecule has 1 aromatic carbocycles. The van der Waals surface area contributed by atoms with Crippen LogP contribution < -0.4 is 0 Å². The van der Waals surface area contributed by atoms with E-state index in [9.17, 15) is 13.6 Å². The molecule has 2 fully saturated rings. The zero-order valence-corrected chi connectivity index (χ0v) is 15.4. The van der Waals surface area contributed by atoms with Gasteiger partial charge in [-0.15, -0.1) is 0 Å². The molecule has 2 saturated carbocycles. The molecule has 2 aliphatic carbocycles. The molecule has 0 aliphatic heterocycles. The van der Waals surface area contributed by atoms with Crippen LogP contribution in [-0.2, 0) is 9.53 Å². The Labute approximate surface area is 159 Å². The quantitative estimate of drug-likeness (QED) is 0.523. The zero-order chi connectivity index (χ0) is 19.2. The molecule has 0 amide bonds. The maximum Gasteiger partial charge on any atom is 0.309 e. The molecule has 0 radical (unpaired) electrons. The van der Waals surface area contributed by atoms with E-state index in [1.54, 1.807) is 6.07 Å². The molecule has 0 heterocycles. The standard InChI is InChI=1S/C22H25F2NO2/c23-20-12-9-18(14-21(20)24)16-5-7-17(8-6-16)22(26)27-19-10-3-15(4-11-19)2-1-13-25/h1-2,9,12,14-17,19H,3-8,10-11H2/b2-1+. The predicted octanol–water partition coefficient (Wildman–Crippen LogP) is 5.42. The first-order chi connectivity index (χ1) is 13.1. The predicted molar refractivity (Wildman–Crippen MR) is 97.6 cm³/mol. The number of halogens is 2. The maximum atomic E-state index is 13.4. The minimum Gasteiger partial charge on any atom is -0.462 e. The first-order valence-electron chi connectivity index (χ1n) is 9.78. The van der Waals surface area contributed by atoms with Crippen molar-refractivity contribution in [1.82, 2.24) is 0 Å². The summed E-state index contributed by atoms with van der Waals surface area (Å²) < 4.78 is 32.2. The fourth-order valence-corrected chi connectivity index (χ4v) is 4.27. The van der Waals surface area contributed by atoms with Crippen LogP contribution >= 0.6 is 0 Å². The Morgan fingerprint density at radius 2 is 1.74 bits per heavy atom. The van der Waals surface area contributed by atoms with Crippen molar-refractivity contribution in [2.24, 2.45) is 11.8 Å². The number of hydrogen-bond donors (Lipinski definition) is 0. The molecule has 3 rings (SSSR count). The van der Waals surface area contributed by atoms with Crippen LogP contribution in [0, 0.1) is 34.8 Å². The Morgan fingerprint density at radius 1 is 1.04 bits per heavy atom. The zero-order valence-electron chi connectivity index (χ0n) is 15.4. The van der Waals surface area contributed by atoms with Crippen LogP contribution in [0.2, 0.25) is 0 Å². The van der Waals surface area contributed by atoms with Gasteiger partial charge in [0.15, 0.2) is 11.6 Å². The lowest BCUT2D eigenvalue weighted by atomic mass is 9.78. The van der Waals surface area contributed by atoms with Crippen molar-refractivity contribution in [3.8, 4) is 6.07 Å². The van der Waals surface area contributed by atoms with Gasteiger partial charge in [0.05, 0.1) is 12.0 Å². The molecular weight excluding hydrogens is 348 g/mol. The summed E-state index contributed by atoms with van der Waals surface area (Å²) in [6.07, 6.45) is 10.1. The molecular formula is C22H25F2NO2. The number of esters is 1. The second kappa shape index (κ2) is 9.12. The first kappa shape index (κ1) is 19.5. The fourth-order valence-electron chi connectivity index (χ4n) is 4.27. The molecule has 0 N–H and O–H groups in total. The summed E-state index contributed by atoms with van der Waals surface area (Å²) >= 11 is 0. The third kappa shape index (κ3) is 5.15. The summed E-state index contributed by atoms with van der Waals surface area (Å²) in [5, 5.41) is 8.59. The van der Waals surface area contributed by atoms with E-state index in [0.29, 0.717) is 5.92 Å². The monoisotopic (exact) mass is 373 g/mol. The van der Waals surface area contributed by atoms with Gasteiger partial charge in [-0.1, -0.05) is 12.1 Å². The van der Waals surface area contributed by atoms with Gasteiger partial charge in [0.1, 0.15) is 6.10 Å². The van der Waals surface area contributed by atoms with Crippen molar-refractivity contribution >= 4 is 5.97 Å². The minimum atomic E-state index is -0.825. The first-order valence-corrected chi connectivity index (χ1v) is 9.78. The SMILES string of the molecule is N#C/C=C/C1CCC(OC(=O)C2CCC(c3ccc(F)c(F)c3)CC2)CC1. The summed E-state index contributed by atoms with van der Waals surface area (Å²) in [7, 11) is 0. The van der Waals surface area contributed by atoms with Gasteiger partial charge in [0, 0.05) is 6.08 Å². The Hall–Kier alpha value is -2.22. The van der Waals surface area contributed by atoms with Crippen molar-refractivity contribution in [2.45, 2.75) is 63.4 Å². The number of allylic oxidation sites excluding steroid dienone is 2. The van der Waals surface area contributed by atoms with Crippen molar-refractivity contribution in [2.75, 3.05) is 0 Å². The topological polar surface area (TPSA) is 50.1 Å². The van der Waals surface area contributed by atoms with E-state index < -0.39 is 11.6 Å². The highest BCUT2D eigenvalue weighted by Crippen LogP contribution is 2.37. The maximum absolute atomic E-state index is 13.4. The van der Waals surface area contributed by atoms with Crippen LogP contribution in [0.5, 0.6) is 0 Å². The van der Waals surface area contributed by atoms with Crippen molar-refractivity contribution in [1.29, 1.82) is 5.26 Å². The van der Waals surface area contributed by atoms with Gasteiger partial charge < -0.3 is 4.74 Å². The number of carbonyl (C=O) groups excluding carboxylic acids is 1. The minimum absolute atomic E-state index is 0.0202. The summed E-state index contributed by atoms with van der Waals surface area (Å²) in [5.74, 6) is -1.27. The summed E-state index contributed by atoms with van der Waals surface area (Å²) in [5.41, 5.74) is 0.810. The molecule has 0 bridgehead atoms. The molecule has 2 aliphatic rings. The average Bonchev–Trinajstić information content (AvgIpc) is 2.69. The number of rotatable bonds is 4. The number of nitriles is 1. The Balaban J connectivity index is 1.44. The largest absolute Gasteiger partial charge is 0.462 e. The Bertz CT molecular complexity index is 724.